The Labute approximate surface area is 158 Å². The average molecular weight is 376 g/mol. The summed E-state index contributed by atoms with van der Waals surface area (Å²) in [6, 6.07) is 8.23. The molecule has 0 spiro atoms. The first-order chi connectivity index (χ1) is 10.7. The van der Waals surface area contributed by atoms with Crippen LogP contribution in [0.2, 0.25) is 0 Å². The Morgan fingerprint density at radius 1 is 1.21 bits per heavy atom. The van der Waals surface area contributed by atoms with Gasteiger partial charge in [-0.15, -0.1) is 24.8 Å². The van der Waals surface area contributed by atoms with Gasteiger partial charge in [0.15, 0.2) is 0 Å². The number of amides is 1. The first kappa shape index (κ1) is 23.2. The zero-order valence-corrected chi connectivity index (χ0v) is 16.3. The van der Waals surface area contributed by atoms with Crippen molar-refractivity contribution in [1.82, 2.24) is 10.2 Å². The summed E-state index contributed by atoms with van der Waals surface area (Å²) in [5, 5.41) is 6.40. The molecule has 1 aliphatic rings. The quantitative estimate of drug-likeness (QED) is 0.763. The number of benzene rings is 1. The molecule has 1 aromatic carbocycles. The predicted molar refractivity (Wildman–Crippen MR) is 106 cm³/mol. The van der Waals surface area contributed by atoms with E-state index in [1.165, 1.54) is 5.56 Å². The van der Waals surface area contributed by atoms with E-state index in [1.807, 2.05) is 12.1 Å². The largest absolute Gasteiger partial charge is 0.326 e. The molecule has 4 nitrogen and oxygen atoms in total. The number of nitrogens with zero attached hydrogens (tertiary/aromatic N) is 1. The van der Waals surface area contributed by atoms with E-state index >= 15 is 0 Å². The minimum absolute atomic E-state index is 0. The highest BCUT2D eigenvalue weighted by Gasteiger charge is 2.16. The van der Waals surface area contributed by atoms with Crippen LogP contribution in [0.1, 0.15) is 38.7 Å². The lowest BCUT2D eigenvalue weighted by atomic mass is 9.94. The van der Waals surface area contributed by atoms with E-state index in [1.54, 1.807) is 0 Å². The van der Waals surface area contributed by atoms with Crippen molar-refractivity contribution in [3.63, 3.8) is 0 Å². The van der Waals surface area contributed by atoms with E-state index in [0.717, 1.165) is 51.3 Å². The third-order valence-corrected chi connectivity index (χ3v) is 4.44. The molecule has 6 heteroatoms. The van der Waals surface area contributed by atoms with E-state index in [-0.39, 0.29) is 30.7 Å². The Balaban J connectivity index is 0.00000264. The molecule has 1 amide bonds. The normalized spacial score (nSPS) is 14.6. The second-order valence-electron chi connectivity index (χ2n) is 6.11. The fraction of sp³-hybridized carbons (Fsp3) is 0.611. The second-order valence-corrected chi connectivity index (χ2v) is 6.11. The van der Waals surface area contributed by atoms with Crippen LogP contribution in [0.5, 0.6) is 0 Å². The minimum atomic E-state index is 0. The number of hydrogen-bond acceptors (Lipinski definition) is 3. The van der Waals surface area contributed by atoms with Crippen molar-refractivity contribution in [2.75, 3.05) is 31.5 Å². The maximum Gasteiger partial charge on any atom is 0.224 e. The summed E-state index contributed by atoms with van der Waals surface area (Å²) in [4.78, 5) is 14.6. The van der Waals surface area contributed by atoms with Crippen LogP contribution in [-0.2, 0) is 11.3 Å². The van der Waals surface area contributed by atoms with Crippen LogP contribution in [-0.4, -0.2) is 37.0 Å². The molecule has 1 fully saturated rings. The highest BCUT2D eigenvalue weighted by Crippen LogP contribution is 2.18. The molecule has 1 heterocycles. The number of rotatable bonds is 7. The maximum absolute atomic E-state index is 12.2. The van der Waals surface area contributed by atoms with Crippen LogP contribution in [0, 0.1) is 5.92 Å². The van der Waals surface area contributed by atoms with Crippen molar-refractivity contribution in [2.45, 2.75) is 39.7 Å². The van der Waals surface area contributed by atoms with Gasteiger partial charge in [0.1, 0.15) is 0 Å². The molecule has 0 aromatic heterocycles. The molecule has 2 rings (SSSR count). The maximum atomic E-state index is 12.2. The molecule has 1 aromatic rings. The summed E-state index contributed by atoms with van der Waals surface area (Å²) in [5.41, 5.74) is 2.17. The van der Waals surface area contributed by atoms with Crippen LogP contribution >= 0.6 is 24.8 Å². The fourth-order valence-electron chi connectivity index (χ4n) is 3.01. The van der Waals surface area contributed by atoms with Crippen molar-refractivity contribution in [3.8, 4) is 0 Å². The van der Waals surface area contributed by atoms with Gasteiger partial charge < -0.3 is 10.6 Å². The molecule has 0 radical (unpaired) electrons. The van der Waals surface area contributed by atoms with Crippen LogP contribution in [0.25, 0.3) is 0 Å². The van der Waals surface area contributed by atoms with Gasteiger partial charge >= 0.3 is 0 Å². The number of halogens is 2. The Morgan fingerprint density at radius 2 is 1.88 bits per heavy atom. The average Bonchev–Trinajstić information content (AvgIpc) is 2.53. The van der Waals surface area contributed by atoms with Gasteiger partial charge in [-0.3, -0.25) is 9.69 Å². The van der Waals surface area contributed by atoms with Crippen molar-refractivity contribution in [3.05, 3.63) is 29.8 Å². The van der Waals surface area contributed by atoms with E-state index in [4.69, 9.17) is 0 Å². The molecule has 0 aliphatic carbocycles. The fourth-order valence-corrected chi connectivity index (χ4v) is 3.01. The zero-order valence-electron chi connectivity index (χ0n) is 14.7. The lowest BCUT2D eigenvalue weighted by Gasteiger charge is -2.22. The standard InChI is InChI=1S/C18H29N3O.2ClH/c1-3-21(4-2)14-16-6-5-7-17(12-16)20-18(22)13-15-8-10-19-11-9-15;;/h5-7,12,15,19H,3-4,8-11,13-14H2,1-2H3,(H,20,22);2*1H. The summed E-state index contributed by atoms with van der Waals surface area (Å²) in [6.07, 6.45) is 2.85. The molecule has 0 saturated carbocycles. The third kappa shape index (κ3) is 7.84. The highest BCUT2D eigenvalue weighted by molar-refractivity contribution is 5.90. The summed E-state index contributed by atoms with van der Waals surface area (Å²) in [5.74, 6) is 0.673. The second kappa shape index (κ2) is 12.5. The number of nitrogens with one attached hydrogen (secondary N) is 2. The van der Waals surface area contributed by atoms with Gasteiger partial charge in [-0.2, -0.15) is 0 Å². The number of carbonyl (C=O) groups is 1. The molecule has 138 valence electrons. The Bertz CT molecular complexity index is 475. The molecular formula is C18H31Cl2N3O. The summed E-state index contributed by atoms with van der Waals surface area (Å²) in [6.45, 7) is 9.45. The first-order valence-corrected chi connectivity index (χ1v) is 8.53. The Hall–Kier alpha value is -0.810. The number of anilines is 1. The van der Waals surface area contributed by atoms with Gasteiger partial charge in [-0.25, -0.2) is 0 Å². The monoisotopic (exact) mass is 375 g/mol. The molecule has 0 unspecified atom stereocenters. The molecular weight excluding hydrogens is 345 g/mol. The smallest absolute Gasteiger partial charge is 0.224 e. The molecule has 0 atom stereocenters. The molecule has 2 N–H and O–H groups in total. The number of carbonyl (C=O) groups excluding carboxylic acids is 1. The van der Waals surface area contributed by atoms with E-state index in [2.05, 4.69) is 41.5 Å². The molecule has 0 bridgehead atoms. The summed E-state index contributed by atoms with van der Waals surface area (Å²) >= 11 is 0. The van der Waals surface area contributed by atoms with Gasteiger partial charge in [-0.05, 0) is 62.6 Å². The minimum Gasteiger partial charge on any atom is -0.326 e. The van der Waals surface area contributed by atoms with E-state index in [9.17, 15) is 4.79 Å². The molecule has 1 aliphatic heterocycles. The van der Waals surface area contributed by atoms with Crippen LogP contribution < -0.4 is 10.6 Å². The van der Waals surface area contributed by atoms with Gasteiger partial charge in [0, 0.05) is 18.7 Å². The van der Waals surface area contributed by atoms with E-state index < -0.39 is 0 Å². The Morgan fingerprint density at radius 3 is 2.50 bits per heavy atom. The lowest BCUT2D eigenvalue weighted by Crippen LogP contribution is -2.30. The topological polar surface area (TPSA) is 44.4 Å². The first-order valence-electron chi connectivity index (χ1n) is 8.53. The van der Waals surface area contributed by atoms with E-state index in [0.29, 0.717) is 12.3 Å². The lowest BCUT2D eigenvalue weighted by molar-refractivity contribution is -0.117. The van der Waals surface area contributed by atoms with Crippen LogP contribution in [0.15, 0.2) is 24.3 Å². The molecule has 1 saturated heterocycles. The van der Waals surface area contributed by atoms with Gasteiger partial charge in [-0.1, -0.05) is 26.0 Å². The van der Waals surface area contributed by atoms with Crippen LogP contribution in [0.3, 0.4) is 0 Å². The number of piperidine rings is 1. The van der Waals surface area contributed by atoms with Gasteiger partial charge in [0.25, 0.3) is 0 Å². The van der Waals surface area contributed by atoms with Gasteiger partial charge in [0.2, 0.25) is 5.91 Å². The zero-order chi connectivity index (χ0) is 15.8. The predicted octanol–water partition coefficient (Wildman–Crippen LogP) is 3.70. The summed E-state index contributed by atoms with van der Waals surface area (Å²) in [7, 11) is 0. The third-order valence-electron chi connectivity index (χ3n) is 4.44. The van der Waals surface area contributed by atoms with Gasteiger partial charge in [0.05, 0.1) is 0 Å². The number of hydrogen-bond donors (Lipinski definition) is 2. The Kier molecular flexibility index (Phi) is 12.1. The highest BCUT2D eigenvalue weighted by atomic mass is 35.5. The molecule has 24 heavy (non-hydrogen) atoms. The summed E-state index contributed by atoms with van der Waals surface area (Å²) < 4.78 is 0. The van der Waals surface area contributed by atoms with Crippen molar-refractivity contribution in [2.24, 2.45) is 5.92 Å². The SMILES string of the molecule is CCN(CC)Cc1cccc(NC(=O)CC2CCNCC2)c1.Cl.Cl. The van der Waals surface area contributed by atoms with Crippen LogP contribution in [0.4, 0.5) is 5.69 Å². The van der Waals surface area contributed by atoms with Crippen molar-refractivity contribution in [1.29, 1.82) is 0 Å². The van der Waals surface area contributed by atoms with Crippen molar-refractivity contribution < 1.29 is 4.79 Å². The van der Waals surface area contributed by atoms with Crippen molar-refractivity contribution >= 4 is 36.4 Å².